The topological polar surface area (TPSA) is 46.1 Å². The fourth-order valence-corrected chi connectivity index (χ4v) is 3.58. The molecular weight excluding hydrogens is 298 g/mol. The number of urea groups is 1. The summed E-state index contributed by atoms with van der Waals surface area (Å²) in [5.41, 5.74) is 5.94. The van der Waals surface area contributed by atoms with Crippen LogP contribution in [0.25, 0.3) is 5.69 Å². The van der Waals surface area contributed by atoms with E-state index in [-0.39, 0.29) is 6.03 Å². The van der Waals surface area contributed by atoms with Gasteiger partial charge in [-0.25, -0.2) is 4.79 Å². The predicted octanol–water partition coefficient (Wildman–Crippen LogP) is 4.14. The van der Waals surface area contributed by atoms with Crippen LogP contribution >= 0.6 is 0 Å². The predicted molar refractivity (Wildman–Crippen MR) is 97.6 cm³/mol. The van der Waals surface area contributed by atoms with Crippen molar-refractivity contribution >= 4 is 6.03 Å². The first-order valence-electron chi connectivity index (χ1n) is 8.84. The van der Waals surface area contributed by atoms with E-state index in [1.165, 1.54) is 29.8 Å². The summed E-state index contributed by atoms with van der Waals surface area (Å²) in [5, 5.41) is 6.08. The number of amides is 2. The first-order valence-corrected chi connectivity index (χ1v) is 8.84. The van der Waals surface area contributed by atoms with Crippen LogP contribution < -0.4 is 10.6 Å². The number of benzene rings is 1. The summed E-state index contributed by atoms with van der Waals surface area (Å²) in [6, 6.07) is 11.0. The van der Waals surface area contributed by atoms with Gasteiger partial charge in [-0.2, -0.15) is 0 Å². The molecule has 1 aromatic carbocycles. The van der Waals surface area contributed by atoms with Gasteiger partial charge in [0.15, 0.2) is 0 Å². The minimum absolute atomic E-state index is 0.0537. The Hall–Kier alpha value is -2.23. The van der Waals surface area contributed by atoms with Gasteiger partial charge in [0.2, 0.25) is 0 Å². The molecule has 0 aliphatic heterocycles. The maximum atomic E-state index is 12.1. The summed E-state index contributed by atoms with van der Waals surface area (Å²) in [7, 11) is 0. The molecule has 1 fully saturated rings. The molecule has 3 rings (SSSR count). The molecule has 1 aromatic heterocycles. The summed E-state index contributed by atoms with van der Waals surface area (Å²) in [4.78, 5) is 12.1. The summed E-state index contributed by atoms with van der Waals surface area (Å²) in [5.74, 6) is 0. The van der Waals surface area contributed by atoms with Gasteiger partial charge in [0.05, 0.1) is 0 Å². The van der Waals surface area contributed by atoms with Gasteiger partial charge in [0, 0.05) is 29.7 Å². The maximum Gasteiger partial charge on any atom is 0.315 e. The minimum Gasteiger partial charge on any atom is -0.335 e. The highest BCUT2D eigenvalue weighted by Crippen LogP contribution is 2.21. The first kappa shape index (κ1) is 16.6. The van der Waals surface area contributed by atoms with Crippen molar-refractivity contribution in [2.45, 2.75) is 59.0 Å². The highest BCUT2D eigenvalue weighted by atomic mass is 16.2. The Bertz CT molecular complexity index is 709. The first-order chi connectivity index (χ1) is 11.5. The third-order valence-electron chi connectivity index (χ3n) is 4.96. The number of hydrogen-bond donors (Lipinski definition) is 2. The van der Waals surface area contributed by atoms with Crippen LogP contribution in [0.4, 0.5) is 4.79 Å². The van der Waals surface area contributed by atoms with Crippen LogP contribution in [0.1, 0.15) is 48.2 Å². The molecule has 0 unspecified atom stereocenters. The number of carbonyl (C=O) groups excluding carboxylic acids is 1. The van der Waals surface area contributed by atoms with Crippen LogP contribution in [0.5, 0.6) is 0 Å². The molecule has 4 nitrogen and oxygen atoms in total. The molecular formula is C20H27N3O. The fraction of sp³-hybridized carbons (Fsp3) is 0.450. The van der Waals surface area contributed by atoms with Gasteiger partial charge in [0.25, 0.3) is 0 Å². The second-order valence-corrected chi connectivity index (χ2v) is 6.88. The second kappa shape index (κ2) is 7.12. The molecule has 1 aliphatic carbocycles. The Morgan fingerprint density at radius 3 is 2.46 bits per heavy atom. The minimum atomic E-state index is -0.0537. The number of hydrogen-bond acceptors (Lipinski definition) is 1. The molecule has 128 valence electrons. The number of carbonyl (C=O) groups is 1. The van der Waals surface area contributed by atoms with E-state index in [1.807, 2.05) is 0 Å². The lowest BCUT2D eigenvalue weighted by Crippen LogP contribution is -2.40. The quantitative estimate of drug-likeness (QED) is 0.872. The van der Waals surface area contributed by atoms with Gasteiger partial charge >= 0.3 is 6.03 Å². The zero-order chi connectivity index (χ0) is 17.1. The van der Waals surface area contributed by atoms with Crippen molar-refractivity contribution in [3.8, 4) is 5.69 Å². The summed E-state index contributed by atoms with van der Waals surface area (Å²) >= 11 is 0. The molecule has 2 N–H and O–H groups in total. The summed E-state index contributed by atoms with van der Waals surface area (Å²) < 4.78 is 2.24. The van der Waals surface area contributed by atoms with E-state index < -0.39 is 0 Å². The Balaban J connectivity index is 1.67. The third-order valence-corrected chi connectivity index (χ3v) is 4.96. The number of nitrogens with one attached hydrogen (secondary N) is 2. The molecule has 2 amide bonds. The number of aromatic nitrogens is 1. The molecule has 0 atom stereocenters. The zero-order valence-electron chi connectivity index (χ0n) is 14.9. The molecule has 24 heavy (non-hydrogen) atoms. The van der Waals surface area contributed by atoms with E-state index >= 15 is 0 Å². The lowest BCUT2D eigenvalue weighted by Gasteiger charge is -2.13. The molecule has 1 saturated carbocycles. The van der Waals surface area contributed by atoms with Gasteiger partial charge in [-0.05, 0) is 57.4 Å². The van der Waals surface area contributed by atoms with Gasteiger partial charge in [-0.1, -0.05) is 30.5 Å². The van der Waals surface area contributed by atoms with Crippen LogP contribution in [0, 0.1) is 20.8 Å². The molecule has 1 heterocycles. The molecule has 0 bridgehead atoms. The number of nitrogens with zero attached hydrogens (tertiary/aromatic N) is 1. The van der Waals surface area contributed by atoms with Gasteiger partial charge in [0.1, 0.15) is 0 Å². The van der Waals surface area contributed by atoms with Gasteiger partial charge < -0.3 is 15.2 Å². The lowest BCUT2D eigenvalue weighted by atomic mass is 10.2. The standard InChI is InChI=1S/C20H27N3O/c1-14-8-10-19(11-9-14)23-15(2)12-17(16(23)3)13-21-20(24)22-18-6-4-5-7-18/h8-12,18H,4-7,13H2,1-3H3,(H2,21,22,24). The van der Waals surface area contributed by atoms with Crippen molar-refractivity contribution in [3.05, 3.63) is 52.8 Å². The molecule has 4 heteroatoms. The van der Waals surface area contributed by atoms with Gasteiger partial charge in [-0.15, -0.1) is 0 Å². The fourth-order valence-electron chi connectivity index (χ4n) is 3.58. The molecule has 0 radical (unpaired) electrons. The molecule has 0 saturated heterocycles. The third kappa shape index (κ3) is 3.64. The van der Waals surface area contributed by atoms with Crippen molar-refractivity contribution in [3.63, 3.8) is 0 Å². The zero-order valence-corrected chi connectivity index (χ0v) is 14.9. The Morgan fingerprint density at radius 1 is 1.12 bits per heavy atom. The molecule has 0 spiro atoms. The largest absolute Gasteiger partial charge is 0.335 e. The average molecular weight is 325 g/mol. The van der Waals surface area contributed by atoms with Crippen LogP contribution in [0.3, 0.4) is 0 Å². The lowest BCUT2D eigenvalue weighted by molar-refractivity contribution is 0.236. The Labute approximate surface area is 144 Å². The number of rotatable bonds is 4. The van der Waals surface area contributed by atoms with Crippen LogP contribution in [0.2, 0.25) is 0 Å². The molecule has 2 aromatic rings. The van der Waals surface area contributed by atoms with E-state index in [0.29, 0.717) is 12.6 Å². The van der Waals surface area contributed by atoms with E-state index in [0.717, 1.165) is 24.1 Å². The van der Waals surface area contributed by atoms with E-state index in [4.69, 9.17) is 0 Å². The highest BCUT2D eigenvalue weighted by Gasteiger charge is 2.17. The van der Waals surface area contributed by atoms with E-state index in [2.05, 4.69) is 66.3 Å². The normalized spacial score (nSPS) is 14.8. The number of aryl methyl sites for hydroxylation is 2. The SMILES string of the molecule is Cc1ccc(-n2c(C)cc(CNC(=O)NC3CCCC3)c2C)cc1. The second-order valence-electron chi connectivity index (χ2n) is 6.88. The van der Waals surface area contributed by atoms with Crippen LogP contribution in [-0.4, -0.2) is 16.6 Å². The van der Waals surface area contributed by atoms with Gasteiger partial charge in [-0.3, -0.25) is 0 Å². The van der Waals surface area contributed by atoms with Crippen LogP contribution in [-0.2, 0) is 6.54 Å². The maximum absolute atomic E-state index is 12.1. The van der Waals surface area contributed by atoms with Crippen molar-refractivity contribution in [1.82, 2.24) is 15.2 Å². The van der Waals surface area contributed by atoms with Crippen molar-refractivity contribution in [2.24, 2.45) is 0 Å². The molecule has 1 aliphatic rings. The average Bonchev–Trinajstić information content (AvgIpc) is 3.15. The van der Waals surface area contributed by atoms with E-state index in [1.54, 1.807) is 0 Å². The van der Waals surface area contributed by atoms with Crippen molar-refractivity contribution in [1.29, 1.82) is 0 Å². The summed E-state index contributed by atoms with van der Waals surface area (Å²) in [6.07, 6.45) is 4.66. The monoisotopic (exact) mass is 325 g/mol. The van der Waals surface area contributed by atoms with Crippen molar-refractivity contribution in [2.75, 3.05) is 0 Å². The Morgan fingerprint density at radius 2 is 1.79 bits per heavy atom. The smallest absolute Gasteiger partial charge is 0.315 e. The van der Waals surface area contributed by atoms with Crippen molar-refractivity contribution < 1.29 is 4.79 Å². The Kier molecular flexibility index (Phi) is 4.93. The summed E-state index contributed by atoms with van der Waals surface area (Å²) in [6.45, 7) is 6.87. The highest BCUT2D eigenvalue weighted by molar-refractivity contribution is 5.74. The van der Waals surface area contributed by atoms with Crippen LogP contribution in [0.15, 0.2) is 30.3 Å². The van der Waals surface area contributed by atoms with E-state index in [9.17, 15) is 4.79 Å².